The van der Waals surface area contributed by atoms with Crippen molar-refractivity contribution in [1.29, 1.82) is 0 Å². The summed E-state index contributed by atoms with van der Waals surface area (Å²) in [4.78, 5) is 26.3. The first-order valence-corrected chi connectivity index (χ1v) is 10.9. The monoisotopic (exact) mass is 414 g/mol. The van der Waals surface area contributed by atoms with Gasteiger partial charge >= 0.3 is 0 Å². The molecule has 9 heteroatoms. The largest absolute Gasteiger partial charge is 0.376 e. The number of fused-ring (bicyclic) bond motifs is 1. The molecule has 2 aromatic carbocycles. The Hall–Kier alpha value is -2.91. The lowest BCUT2D eigenvalue weighted by molar-refractivity contribution is -0.120. The number of nitrogens with zero attached hydrogens (tertiary/aromatic N) is 2. The highest BCUT2D eigenvalue weighted by atomic mass is 32.2. The minimum Gasteiger partial charge on any atom is -0.376 e. The molecule has 2 heterocycles. The van der Waals surface area contributed by atoms with E-state index in [0.717, 1.165) is 12.8 Å². The molecule has 1 fully saturated rings. The van der Waals surface area contributed by atoms with Gasteiger partial charge in [0.25, 0.3) is 0 Å². The Balaban J connectivity index is 1.47. The summed E-state index contributed by atoms with van der Waals surface area (Å²) in [5, 5.41) is 5.73. The molecule has 2 aliphatic rings. The molecule has 0 spiro atoms. The van der Waals surface area contributed by atoms with E-state index in [1.54, 1.807) is 42.5 Å². The fourth-order valence-corrected chi connectivity index (χ4v) is 5.14. The SMILES string of the molecule is O=C1CN(C(=O)CNc2cccc(S(=O)(=O)N3CCCC3)c2)c2ccccc2N1. The number of nitrogens with one attached hydrogen (secondary N) is 2. The lowest BCUT2D eigenvalue weighted by atomic mass is 10.2. The van der Waals surface area contributed by atoms with Crippen LogP contribution in [-0.2, 0) is 19.6 Å². The Labute approximate surface area is 169 Å². The molecule has 2 aromatic rings. The van der Waals surface area contributed by atoms with E-state index in [4.69, 9.17) is 0 Å². The number of sulfonamides is 1. The number of hydrogen-bond donors (Lipinski definition) is 2. The third-order valence-electron chi connectivity index (χ3n) is 5.05. The number of carbonyl (C=O) groups excluding carboxylic acids is 2. The molecule has 152 valence electrons. The highest BCUT2D eigenvalue weighted by Gasteiger charge is 2.28. The second-order valence-electron chi connectivity index (χ2n) is 7.04. The van der Waals surface area contributed by atoms with Crippen LogP contribution in [0.1, 0.15) is 12.8 Å². The molecular weight excluding hydrogens is 392 g/mol. The molecular formula is C20H22N4O4S. The number of amides is 2. The van der Waals surface area contributed by atoms with Crippen LogP contribution in [0.2, 0.25) is 0 Å². The van der Waals surface area contributed by atoms with Crippen LogP contribution in [-0.4, -0.2) is 50.7 Å². The number of anilines is 3. The maximum absolute atomic E-state index is 12.7. The summed E-state index contributed by atoms with van der Waals surface area (Å²) in [6, 6.07) is 13.6. The Morgan fingerprint density at radius 2 is 1.83 bits per heavy atom. The fraction of sp³-hybridized carbons (Fsp3) is 0.300. The van der Waals surface area contributed by atoms with Crippen molar-refractivity contribution in [3.8, 4) is 0 Å². The van der Waals surface area contributed by atoms with Crippen molar-refractivity contribution in [1.82, 2.24) is 4.31 Å². The summed E-state index contributed by atoms with van der Waals surface area (Å²) in [6.07, 6.45) is 1.74. The molecule has 0 radical (unpaired) electrons. The average Bonchev–Trinajstić information content (AvgIpc) is 3.27. The molecule has 0 atom stereocenters. The molecule has 0 bridgehead atoms. The Morgan fingerprint density at radius 1 is 1.07 bits per heavy atom. The zero-order valence-corrected chi connectivity index (χ0v) is 16.6. The predicted octanol–water partition coefficient (Wildman–Crippen LogP) is 1.87. The maximum Gasteiger partial charge on any atom is 0.246 e. The Kier molecular flexibility index (Phi) is 5.25. The van der Waals surface area contributed by atoms with Gasteiger partial charge in [0.1, 0.15) is 6.54 Å². The van der Waals surface area contributed by atoms with Crippen molar-refractivity contribution in [2.75, 3.05) is 41.7 Å². The zero-order chi connectivity index (χ0) is 20.4. The Bertz CT molecular complexity index is 1050. The number of hydrogen-bond acceptors (Lipinski definition) is 5. The van der Waals surface area contributed by atoms with Crippen LogP contribution >= 0.6 is 0 Å². The number of rotatable bonds is 5. The highest BCUT2D eigenvalue weighted by molar-refractivity contribution is 7.89. The van der Waals surface area contributed by atoms with E-state index in [0.29, 0.717) is 30.2 Å². The number of benzene rings is 2. The molecule has 1 saturated heterocycles. The molecule has 4 rings (SSSR count). The van der Waals surface area contributed by atoms with Gasteiger partial charge in [-0.15, -0.1) is 0 Å². The highest BCUT2D eigenvalue weighted by Crippen LogP contribution is 2.29. The molecule has 2 aliphatic heterocycles. The number of carbonyl (C=O) groups is 2. The minimum atomic E-state index is -3.52. The summed E-state index contributed by atoms with van der Waals surface area (Å²) in [6.45, 7) is 0.958. The van der Waals surface area contributed by atoms with Gasteiger partial charge in [-0.3, -0.25) is 14.5 Å². The van der Waals surface area contributed by atoms with Crippen LogP contribution in [0.25, 0.3) is 0 Å². The molecule has 0 aliphatic carbocycles. The minimum absolute atomic E-state index is 0.0547. The number of para-hydroxylation sites is 2. The smallest absolute Gasteiger partial charge is 0.246 e. The maximum atomic E-state index is 12.7. The van der Waals surface area contributed by atoms with Crippen molar-refractivity contribution in [2.45, 2.75) is 17.7 Å². The lowest BCUT2D eigenvalue weighted by Crippen LogP contribution is -2.44. The van der Waals surface area contributed by atoms with Gasteiger partial charge in [0.05, 0.1) is 22.8 Å². The van der Waals surface area contributed by atoms with Gasteiger partial charge in [0.15, 0.2) is 0 Å². The molecule has 29 heavy (non-hydrogen) atoms. The first-order valence-electron chi connectivity index (χ1n) is 9.48. The van der Waals surface area contributed by atoms with Crippen LogP contribution in [0.5, 0.6) is 0 Å². The molecule has 8 nitrogen and oxygen atoms in total. The molecule has 2 N–H and O–H groups in total. The quantitative estimate of drug-likeness (QED) is 0.778. The van der Waals surface area contributed by atoms with Gasteiger partial charge in [0.2, 0.25) is 21.8 Å². The molecule has 2 amide bonds. The summed E-state index contributed by atoms with van der Waals surface area (Å²) in [7, 11) is -3.52. The van der Waals surface area contributed by atoms with E-state index in [1.165, 1.54) is 15.3 Å². The summed E-state index contributed by atoms with van der Waals surface area (Å²) >= 11 is 0. The zero-order valence-electron chi connectivity index (χ0n) is 15.8. The van der Waals surface area contributed by atoms with Crippen LogP contribution in [0.15, 0.2) is 53.4 Å². The molecule has 0 unspecified atom stereocenters. The van der Waals surface area contributed by atoms with Crippen LogP contribution in [0, 0.1) is 0 Å². The van der Waals surface area contributed by atoms with Gasteiger partial charge in [-0.05, 0) is 43.2 Å². The summed E-state index contributed by atoms with van der Waals surface area (Å²) in [5.41, 5.74) is 1.77. The molecule has 0 saturated carbocycles. The van der Waals surface area contributed by atoms with Crippen molar-refractivity contribution in [2.24, 2.45) is 0 Å². The van der Waals surface area contributed by atoms with Crippen molar-refractivity contribution >= 4 is 38.9 Å². The van der Waals surface area contributed by atoms with E-state index >= 15 is 0 Å². The van der Waals surface area contributed by atoms with Gasteiger partial charge in [-0.2, -0.15) is 4.31 Å². The van der Waals surface area contributed by atoms with Crippen molar-refractivity contribution in [3.05, 3.63) is 48.5 Å². The predicted molar refractivity (Wildman–Crippen MR) is 110 cm³/mol. The van der Waals surface area contributed by atoms with E-state index in [9.17, 15) is 18.0 Å². The summed E-state index contributed by atoms with van der Waals surface area (Å²) < 4.78 is 26.9. The molecule has 0 aromatic heterocycles. The van der Waals surface area contributed by atoms with Gasteiger partial charge < -0.3 is 10.6 Å². The van der Waals surface area contributed by atoms with Gasteiger partial charge in [-0.1, -0.05) is 18.2 Å². The summed E-state index contributed by atoms with van der Waals surface area (Å²) in [5.74, 6) is -0.532. The normalized spacial score (nSPS) is 17.0. The lowest BCUT2D eigenvalue weighted by Gasteiger charge is -2.29. The van der Waals surface area contributed by atoms with Crippen LogP contribution in [0.4, 0.5) is 17.1 Å². The topological polar surface area (TPSA) is 98.8 Å². The van der Waals surface area contributed by atoms with E-state index < -0.39 is 10.0 Å². The standard InChI is InChI=1S/C20H22N4O4S/c25-19-14-24(18-9-2-1-8-17(18)22-19)20(26)13-21-15-6-5-7-16(12-15)29(27,28)23-10-3-4-11-23/h1-2,5-9,12,21H,3-4,10-11,13-14H2,(H,22,25). The van der Waals surface area contributed by atoms with Gasteiger partial charge in [0, 0.05) is 18.8 Å². The van der Waals surface area contributed by atoms with Gasteiger partial charge in [-0.25, -0.2) is 8.42 Å². The fourth-order valence-electron chi connectivity index (χ4n) is 3.57. The first kappa shape index (κ1) is 19.4. The average molecular weight is 414 g/mol. The second kappa shape index (κ2) is 7.84. The van der Waals surface area contributed by atoms with E-state index in [-0.39, 0.29) is 29.8 Å². The van der Waals surface area contributed by atoms with Crippen LogP contribution < -0.4 is 15.5 Å². The first-order chi connectivity index (χ1) is 13.9. The van der Waals surface area contributed by atoms with Crippen molar-refractivity contribution in [3.63, 3.8) is 0 Å². The second-order valence-corrected chi connectivity index (χ2v) is 8.98. The third-order valence-corrected chi connectivity index (χ3v) is 6.95. The van der Waals surface area contributed by atoms with Crippen molar-refractivity contribution < 1.29 is 18.0 Å². The van der Waals surface area contributed by atoms with E-state index in [2.05, 4.69) is 10.6 Å². The third kappa shape index (κ3) is 3.96. The Morgan fingerprint density at radius 3 is 2.62 bits per heavy atom. The van der Waals surface area contributed by atoms with E-state index in [1.807, 2.05) is 0 Å². The van der Waals surface area contributed by atoms with Crippen LogP contribution in [0.3, 0.4) is 0 Å².